The molecule has 0 fully saturated rings. The largest absolute Gasteiger partial charge is 0.352 e. The second-order valence-electron chi connectivity index (χ2n) is 8.12. The van der Waals surface area contributed by atoms with Crippen molar-refractivity contribution in [3.05, 3.63) is 62.1 Å². The van der Waals surface area contributed by atoms with Crippen LogP contribution < -0.4 is 9.62 Å². The molecule has 0 unspecified atom stereocenters. The van der Waals surface area contributed by atoms with Crippen LogP contribution in [0.25, 0.3) is 0 Å². The molecule has 0 heterocycles. The Balaban J connectivity index is 2.45. The third kappa shape index (κ3) is 8.15. The third-order valence-electron chi connectivity index (χ3n) is 5.38. The molecule has 0 spiro atoms. The molecular weight excluding hydrogens is 556 g/mol. The van der Waals surface area contributed by atoms with E-state index >= 15 is 0 Å². The lowest BCUT2D eigenvalue weighted by atomic mass is 10.1. The molecule has 2 atom stereocenters. The van der Waals surface area contributed by atoms with E-state index in [1.807, 2.05) is 13.8 Å². The molecule has 2 rings (SSSR count). The molecule has 1 N–H and O–H groups in total. The van der Waals surface area contributed by atoms with Crippen molar-refractivity contribution in [3.63, 3.8) is 0 Å². The van der Waals surface area contributed by atoms with Gasteiger partial charge >= 0.3 is 0 Å². The highest BCUT2D eigenvalue weighted by Gasteiger charge is 2.31. The van der Waals surface area contributed by atoms with E-state index in [1.165, 1.54) is 29.2 Å². The lowest BCUT2D eigenvalue weighted by molar-refractivity contribution is -0.139. The first-order valence-electron chi connectivity index (χ1n) is 10.7. The number of amides is 2. The quantitative estimate of drug-likeness (QED) is 0.406. The minimum atomic E-state index is -3.92. The van der Waals surface area contributed by atoms with Gasteiger partial charge in [-0.1, -0.05) is 59.4 Å². The molecule has 0 saturated heterocycles. The van der Waals surface area contributed by atoms with E-state index in [1.54, 1.807) is 19.1 Å². The maximum atomic E-state index is 13.5. The van der Waals surface area contributed by atoms with Gasteiger partial charge in [0.05, 0.1) is 17.0 Å². The summed E-state index contributed by atoms with van der Waals surface area (Å²) in [6, 6.07) is 8.03. The van der Waals surface area contributed by atoms with Gasteiger partial charge in [0.15, 0.2) is 0 Å². The summed E-state index contributed by atoms with van der Waals surface area (Å²) in [6.45, 7) is 4.70. The van der Waals surface area contributed by atoms with Gasteiger partial charge in [-0.3, -0.25) is 13.9 Å². The maximum Gasteiger partial charge on any atom is 0.244 e. The van der Waals surface area contributed by atoms with Crippen LogP contribution in [0, 0.1) is 0 Å². The Labute approximate surface area is 226 Å². The molecule has 0 radical (unpaired) electrons. The predicted molar refractivity (Wildman–Crippen MR) is 143 cm³/mol. The monoisotopic (exact) mass is 581 g/mol. The van der Waals surface area contributed by atoms with Crippen LogP contribution in [0.15, 0.2) is 36.4 Å². The Morgan fingerprint density at radius 2 is 1.54 bits per heavy atom. The van der Waals surface area contributed by atoms with E-state index in [9.17, 15) is 18.0 Å². The van der Waals surface area contributed by atoms with E-state index in [2.05, 4.69) is 5.32 Å². The molecule has 192 valence electrons. The number of rotatable bonds is 10. The molecule has 0 saturated carbocycles. The van der Waals surface area contributed by atoms with Crippen molar-refractivity contribution in [2.75, 3.05) is 17.1 Å². The first kappa shape index (κ1) is 29.5. The second-order valence-corrected chi connectivity index (χ2v) is 11.7. The van der Waals surface area contributed by atoms with Crippen molar-refractivity contribution in [2.24, 2.45) is 0 Å². The highest BCUT2D eigenvalue weighted by atomic mass is 35.5. The first-order chi connectivity index (χ1) is 16.2. The molecule has 2 amide bonds. The number of sulfonamides is 1. The standard InChI is InChI=1S/C23H27Cl4N3O4S/c1-5-14(2)28-23(32)15(3)29(12-16-6-7-17(24)10-19(16)26)22(31)13-30(35(4,33)34)21-9-8-18(25)11-20(21)27/h6-11,14-15H,5,12-13H2,1-4H3,(H,28,32)/t14-,15-/m0/s1. The summed E-state index contributed by atoms with van der Waals surface area (Å²) in [6.07, 6.45) is 1.66. The number of hydrogen-bond donors (Lipinski definition) is 1. The lowest BCUT2D eigenvalue weighted by Gasteiger charge is -2.32. The van der Waals surface area contributed by atoms with Crippen LogP contribution in [0.1, 0.15) is 32.8 Å². The number of anilines is 1. The molecule has 12 heteroatoms. The van der Waals surface area contributed by atoms with Crippen molar-refractivity contribution in [1.29, 1.82) is 0 Å². The van der Waals surface area contributed by atoms with E-state index in [0.717, 1.165) is 10.6 Å². The zero-order valence-electron chi connectivity index (χ0n) is 19.7. The molecule has 2 aromatic rings. The summed E-state index contributed by atoms with van der Waals surface area (Å²) in [5.41, 5.74) is 0.635. The molecule has 0 aliphatic heterocycles. The summed E-state index contributed by atoms with van der Waals surface area (Å²) in [5.74, 6) is -1.01. The van der Waals surface area contributed by atoms with E-state index < -0.39 is 28.5 Å². The average Bonchev–Trinajstić information content (AvgIpc) is 2.76. The van der Waals surface area contributed by atoms with Gasteiger partial charge in [0.1, 0.15) is 12.6 Å². The Morgan fingerprint density at radius 3 is 2.06 bits per heavy atom. The fraction of sp³-hybridized carbons (Fsp3) is 0.391. The van der Waals surface area contributed by atoms with Crippen molar-refractivity contribution in [1.82, 2.24) is 10.2 Å². The molecule has 7 nitrogen and oxygen atoms in total. The number of nitrogens with one attached hydrogen (secondary N) is 1. The summed E-state index contributed by atoms with van der Waals surface area (Å²) >= 11 is 24.5. The smallest absolute Gasteiger partial charge is 0.244 e. The van der Waals surface area contributed by atoms with Crippen LogP contribution in [-0.2, 0) is 26.2 Å². The summed E-state index contributed by atoms with van der Waals surface area (Å²) in [5, 5.41) is 3.95. The molecule has 0 bridgehead atoms. The van der Waals surface area contributed by atoms with Crippen molar-refractivity contribution in [2.45, 2.75) is 45.8 Å². The molecule has 0 aliphatic carbocycles. The molecule has 35 heavy (non-hydrogen) atoms. The van der Waals surface area contributed by atoms with Crippen LogP contribution in [0.2, 0.25) is 20.1 Å². The topological polar surface area (TPSA) is 86.8 Å². The van der Waals surface area contributed by atoms with Crippen molar-refractivity contribution < 1.29 is 18.0 Å². The summed E-state index contributed by atoms with van der Waals surface area (Å²) in [7, 11) is -3.92. The van der Waals surface area contributed by atoms with Crippen LogP contribution in [0.3, 0.4) is 0 Å². The van der Waals surface area contributed by atoms with Crippen LogP contribution in [0.4, 0.5) is 5.69 Å². The Hall–Kier alpha value is -1.71. The van der Waals surface area contributed by atoms with Crippen molar-refractivity contribution >= 4 is 73.9 Å². The molecule has 2 aromatic carbocycles. The minimum Gasteiger partial charge on any atom is -0.352 e. The normalized spacial score (nSPS) is 13.1. The van der Waals surface area contributed by atoms with E-state index in [0.29, 0.717) is 27.1 Å². The predicted octanol–water partition coefficient (Wildman–Crippen LogP) is 5.40. The Kier molecular flexibility index (Phi) is 10.5. The van der Waals surface area contributed by atoms with Crippen molar-refractivity contribution in [3.8, 4) is 0 Å². The Bertz CT molecular complexity index is 1190. The zero-order chi connectivity index (χ0) is 26.5. The van der Waals surface area contributed by atoms with Gasteiger partial charge in [-0.05, 0) is 56.2 Å². The van der Waals surface area contributed by atoms with E-state index in [-0.39, 0.29) is 29.2 Å². The SMILES string of the molecule is CC[C@H](C)NC(=O)[C@H](C)N(Cc1ccc(Cl)cc1Cl)C(=O)CN(c1ccc(Cl)cc1Cl)S(C)(=O)=O. The van der Waals surface area contributed by atoms with Crippen LogP contribution in [0.5, 0.6) is 0 Å². The lowest BCUT2D eigenvalue weighted by Crippen LogP contribution is -2.52. The van der Waals surface area contributed by atoms with Gasteiger partial charge in [-0.25, -0.2) is 8.42 Å². The van der Waals surface area contributed by atoms with Gasteiger partial charge in [0.25, 0.3) is 0 Å². The fourth-order valence-corrected chi connectivity index (χ4v) is 5.05. The molecule has 0 aromatic heterocycles. The number of hydrogen-bond acceptors (Lipinski definition) is 4. The van der Waals surface area contributed by atoms with Gasteiger partial charge in [0, 0.05) is 27.7 Å². The number of carbonyl (C=O) groups is 2. The van der Waals surface area contributed by atoms with Gasteiger partial charge in [-0.2, -0.15) is 0 Å². The van der Waals surface area contributed by atoms with Gasteiger partial charge in [0.2, 0.25) is 21.8 Å². The third-order valence-corrected chi connectivity index (χ3v) is 7.63. The number of halogens is 4. The van der Waals surface area contributed by atoms with E-state index in [4.69, 9.17) is 46.4 Å². The van der Waals surface area contributed by atoms with Crippen LogP contribution in [-0.4, -0.2) is 50.0 Å². The average molecular weight is 583 g/mol. The summed E-state index contributed by atoms with van der Waals surface area (Å²) in [4.78, 5) is 27.7. The number of nitrogens with zero attached hydrogens (tertiary/aromatic N) is 2. The highest BCUT2D eigenvalue weighted by Crippen LogP contribution is 2.31. The second kappa shape index (κ2) is 12.5. The first-order valence-corrected chi connectivity index (χ1v) is 14.1. The number of benzene rings is 2. The fourth-order valence-electron chi connectivity index (χ4n) is 3.16. The number of carbonyl (C=O) groups excluding carboxylic acids is 2. The molecule has 0 aliphatic rings. The molecular formula is C23H27Cl4N3O4S. The zero-order valence-corrected chi connectivity index (χ0v) is 23.5. The minimum absolute atomic E-state index is 0.0458. The van der Waals surface area contributed by atoms with Gasteiger partial charge in [-0.15, -0.1) is 0 Å². The van der Waals surface area contributed by atoms with Gasteiger partial charge < -0.3 is 10.2 Å². The highest BCUT2D eigenvalue weighted by molar-refractivity contribution is 7.92. The summed E-state index contributed by atoms with van der Waals surface area (Å²) < 4.78 is 26.1. The maximum absolute atomic E-state index is 13.5. The Morgan fingerprint density at radius 1 is 0.971 bits per heavy atom. The van der Waals surface area contributed by atoms with Crippen LogP contribution >= 0.6 is 46.4 Å².